The van der Waals surface area contributed by atoms with Crippen molar-refractivity contribution in [2.45, 2.75) is 45.2 Å². The Kier molecular flexibility index (Phi) is 4.46. The molecule has 1 aliphatic rings. The van der Waals surface area contributed by atoms with Gasteiger partial charge in [0.2, 0.25) is 0 Å². The first-order chi connectivity index (χ1) is 6.91. The quantitative estimate of drug-likeness (QED) is 0.804. The zero-order valence-electron chi connectivity index (χ0n) is 9.82. The lowest BCUT2D eigenvalue weighted by atomic mass is 10.0. The van der Waals surface area contributed by atoms with E-state index in [1.165, 1.54) is 12.2 Å². The van der Waals surface area contributed by atoms with E-state index in [1.54, 1.807) is 0 Å². The van der Waals surface area contributed by atoms with Crippen molar-refractivity contribution in [2.75, 3.05) is 18.1 Å². The van der Waals surface area contributed by atoms with Crippen molar-refractivity contribution >= 4 is 17.7 Å². The summed E-state index contributed by atoms with van der Waals surface area (Å²) < 4.78 is 0. The highest BCUT2D eigenvalue weighted by molar-refractivity contribution is 7.99. The summed E-state index contributed by atoms with van der Waals surface area (Å²) in [4.78, 5) is 13.0. The number of thioether (sulfide) groups is 1. The average Bonchev–Trinajstić information content (AvgIpc) is 2.54. The maximum absolute atomic E-state index is 10.6. The first-order valence-corrected chi connectivity index (χ1v) is 6.63. The van der Waals surface area contributed by atoms with Gasteiger partial charge in [0.25, 0.3) is 0 Å². The maximum atomic E-state index is 10.6. The lowest BCUT2D eigenvalue weighted by molar-refractivity contribution is -0.137. The molecule has 0 saturated carbocycles. The Balaban J connectivity index is 2.56. The second kappa shape index (κ2) is 5.21. The summed E-state index contributed by atoms with van der Waals surface area (Å²) in [5.74, 6) is 1.66. The van der Waals surface area contributed by atoms with E-state index in [0.717, 1.165) is 5.75 Å². The van der Waals surface area contributed by atoms with Crippen LogP contribution in [-0.4, -0.2) is 45.6 Å². The zero-order chi connectivity index (χ0) is 11.5. The maximum Gasteiger partial charge on any atom is 0.304 e. The Bertz CT molecular complexity index is 219. The summed E-state index contributed by atoms with van der Waals surface area (Å²) in [6.45, 7) is 7.16. The molecule has 0 aliphatic carbocycles. The number of rotatable bonds is 4. The SMILES string of the molecule is CC(C)(C)N(CCC(=O)O)C1CCSC1. The third kappa shape index (κ3) is 4.03. The predicted octanol–water partition coefficient (Wildman–Crippen LogP) is 2.07. The van der Waals surface area contributed by atoms with Gasteiger partial charge in [-0.15, -0.1) is 0 Å². The van der Waals surface area contributed by atoms with E-state index in [0.29, 0.717) is 12.6 Å². The van der Waals surface area contributed by atoms with E-state index in [2.05, 4.69) is 25.7 Å². The van der Waals surface area contributed by atoms with Crippen molar-refractivity contribution in [3.63, 3.8) is 0 Å². The Morgan fingerprint density at radius 2 is 2.20 bits per heavy atom. The molecule has 1 saturated heterocycles. The second-order valence-electron chi connectivity index (χ2n) is 5.03. The minimum atomic E-state index is -0.699. The molecule has 0 aromatic heterocycles. The van der Waals surface area contributed by atoms with E-state index in [9.17, 15) is 4.79 Å². The summed E-state index contributed by atoms with van der Waals surface area (Å²) in [7, 11) is 0. The molecule has 1 rings (SSSR count). The van der Waals surface area contributed by atoms with Gasteiger partial charge in [-0.2, -0.15) is 11.8 Å². The fourth-order valence-corrected chi connectivity index (χ4v) is 3.27. The predicted molar refractivity (Wildman–Crippen MR) is 64.4 cm³/mol. The molecule has 0 bridgehead atoms. The van der Waals surface area contributed by atoms with Gasteiger partial charge < -0.3 is 5.11 Å². The highest BCUT2D eigenvalue weighted by Crippen LogP contribution is 2.27. The van der Waals surface area contributed by atoms with Gasteiger partial charge in [0, 0.05) is 23.9 Å². The minimum Gasteiger partial charge on any atom is -0.481 e. The van der Waals surface area contributed by atoms with Gasteiger partial charge in [0.15, 0.2) is 0 Å². The van der Waals surface area contributed by atoms with Crippen LogP contribution in [0.3, 0.4) is 0 Å². The van der Waals surface area contributed by atoms with Gasteiger partial charge in [0.05, 0.1) is 6.42 Å². The molecular formula is C11H21NO2S. The van der Waals surface area contributed by atoms with Crippen molar-refractivity contribution < 1.29 is 9.90 Å². The molecule has 1 aliphatic heterocycles. The van der Waals surface area contributed by atoms with Gasteiger partial charge in [-0.3, -0.25) is 9.69 Å². The number of carbonyl (C=O) groups is 1. The molecule has 88 valence electrons. The third-order valence-electron chi connectivity index (χ3n) is 2.77. The first-order valence-electron chi connectivity index (χ1n) is 5.47. The summed E-state index contributed by atoms with van der Waals surface area (Å²) in [6, 6.07) is 0.564. The van der Waals surface area contributed by atoms with E-state index < -0.39 is 5.97 Å². The second-order valence-corrected chi connectivity index (χ2v) is 6.18. The van der Waals surface area contributed by atoms with Crippen LogP contribution < -0.4 is 0 Å². The van der Waals surface area contributed by atoms with Gasteiger partial charge >= 0.3 is 5.97 Å². The monoisotopic (exact) mass is 231 g/mol. The summed E-state index contributed by atoms with van der Waals surface area (Å²) >= 11 is 1.97. The third-order valence-corrected chi connectivity index (χ3v) is 3.92. The van der Waals surface area contributed by atoms with Crippen molar-refractivity contribution in [3.8, 4) is 0 Å². The van der Waals surface area contributed by atoms with Gasteiger partial charge in [-0.05, 0) is 32.9 Å². The van der Waals surface area contributed by atoms with Gasteiger partial charge in [0.1, 0.15) is 0 Å². The molecule has 0 aromatic carbocycles. The van der Waals surface area contributed by atoms with E-state index in [-0.39, 0.29) is 12.0 Å². The number of aliphatic carboxylic acids is 1. The molecule has 1 N–H and O–H groups in total. The van der Waals surface area contributed by atoms with Crippen LogP contribution in [0.5, 0.6) is 0 Å². The molecule has 0 radical (unpaired) electrons. The van der Waals surface area contributed by atoms with Crippen LogP contribution in [0, 0.1) is 0 Å². The number of carboxylic acids is 1. The van der Waals surface area contributed by atoms with E-state index >= 15 is 0 Å². The lowest BCUT2D eigenvalue weighted by Crippen LogP contribution is -2.49. The number of hydrogen-bond acceptors (Lipinski definition) is 3. The van der Waals surface area contributed by atoms with Crippen LogP contribution in [0.4, 0.5) is 0 Å². The summed E-state index contributed by atoms with van der Waals surface area (Å²) in [5.41, 5.74) is 0.0744. The largest absolute Gasteiger partial charge is 0.481 e. The Morgan fingerprint density at radius 3 is 2.60 bits per heavy atom. The lowest BCUT2D eigenvalue weighted by Gasteiger charge is -2.39. The first kappa shape index (κ1) is 12.8. The Labute approximate surface area is 96.2 Å². The molecular weight excluding hydrogens is 210 g/mol. The zero-order valence-corrected chi connectivity index (χ0v) is 10.6. The number of carboxylic acid groups (broad SMARTS) is 1. The smallest absolute Gasteiger partial charge is 0.304 e. The van der Waals surface area contributed by atoms with Crippen molar-refractivity contribution in [3.05, 3.63) is 0 Å². The molecule has 0 amide bonds. The van der Waals surface area contributed by atoms with Crippen LogP contribution in [0.25, 0.3) is 0 Å². The standard InChI is InChI=1S/C11H21NO2S/c1-11(2,3)12(6-4-10(13)14)9-5-7-15-8-9/h9H,4-8H2,1-3H3,(H,13,14). The molecule has 1 unspecified atom stereocenters. The van der Waals surface area contributed by atoms with Crippen molar-refractivity contribution in [1.29, 1.82) is 0 Å². The minimum absolute atomic E-state index is 0.0744. The average molecular weight is 231 g/mol. The summed E-state index contributed by atoms with van der Waals surface area (Å²) in [6.07, 6.45) is 1.44. The molecule has 0 aromatic rings. The molecule has 1 fully saturated rings. The molecule has 3 nitrogen and oxygen atoms in total. The van der Waals surface area contributed by atoms with E-state index in [1.807, 2.05) is 11.8 Å². The van der Waals surface area contributed by atoms with Crippen LogP contribution in [0.1, 0.15) is 33.6 Å². The normalized spacial score (nSPS) is 22.3. The van der Waals surface area contributed by atoms with Crippen LogP contribution >= 0.6 is 11.8 Å². The molecule has 4 heteroatoms. The van der Waals surface area contributed by atoms with Crippen LogP contribution in [0.15, 0.2) is 0 Å². The Morgan fingerprint density at radius 1 is 1.53 bits per heavy atom. The summed E-state index contributed by atoms with van der Waals surface area (Å²) in [5, 5.41) is 8.74. The van der Waals surface area contributed by atoms with E-state index in [4.69, 9.17) is 5.11 Å². The highest BCUT2D eigenvalue weighted by atomic mass is 32.2. The topological polar surface area (TPSA) is 40.5 Å². The fourth-order valence-electron chi connectivity index (χ4n) is 2.05. The van der Waals surface area contributed by atoms with Gasteiger partial charge in [-0.1, -0.05) is 0 Å². The number of nitrogens with zero attached hydrogens (tertiary/aromatic N) is 1. The molecule has 0 spiro atoms. The number of hydrogen-bond donors (Lipinski definition) is 1. The molecule has 15 heavy (non-hydrogen) atoms. The Hall–Kier alpha value is -0.220. The van der Waals surface area contributed by atoms with Gasteiger partial charge in [-0.25, -0.2) is 0 Å². The highest BCUT2D eigenvalue weighted by Gasteiger charge is 2.31. The van der Waals surface area contributed by atoms with Crippen LogP contribution in [0.2, 0.25) is 0 Å². The fraction of sp³-hybridized carbons (Fsp3) is 0.909. The molecule has 1 heterocycles. The molecule has 1 atom stereocenters. The van der Waals surface area contributed by atoms with Crippen molar-refractivity contribution in [2.24, 2.45) is 0 Å². The van der Waals surface area contributed by atoms with Crippen molar-refractivity contribution in [1.82, 2.24) is 4.90 Å². The van der Waals surface area contributed by atoms with Crippen LogP contribution in [-0.2, 0) is 4.79 Å².